The Kier molecular flexibility index (Phi) is 10.3. The van der Waals surface area contributed by atoms with E-state index in [1.165, 1.54) is 17.0 Å². The second-order valence-electron chi connectivity index (χ2n) is 10.0. The minimum atomic E-state index is -4.07. The maximum atomic E-state index is 13.9. The number of amides is 2. The third-order valence-electron chi connectivity index (χ3n) is 6.65. The van der Waals surface area contributed by atoms with Crippen LogP contribution in [0.15, 0.2) is 83.8 Å². The van der Waals surface area contributed by atoms with Gasteiger partial charge in [-0.25, -0.2) is 8.42 Å². The summed E-state index contributed by atoms with van der Waals surface area (Å²) in [6.45, 7) is 9.94. The van der Waals surface area contributed by atoms with Gasteiger partial charge in [0.2, 0.25) is 11.8 Å². The zero-order chi connectivity index (χ0) is 28.6. The Labute approximate surface area is 232 Å². The average molecular weight is 550 g/mol. The largest absolute Gasteiger partial charge is 0.354 e. The van der Waals surface area contributed by atoms with E-state index in [-0.39, 0.29) is 23.3 Å². The molecule has 0 bridgehead atoms. The van der Waals surface area contributed by atoms with Gasteiger partial charge in [0.1, 0.15) is 12.6 Å². The van der Waals surface area contributed by atoms with Crippen LogP contribution in [0.3, 0.4) is 0 Å². The van der Waals surface area contributed by atoms with Crippen molar-refractivity contribution >= 4 is 27.5 Å². The van der Waals surface area contributed by atoms with Crippen molar-refractivity contribution in [1.82, 2.24) is 10.2 Å². The summed E-state index contributed by atoms with van der Waals surface area (Å²) in [7, 11) is -4.07. The van der Waals surface area contributed by atoms with E-state index in [4.69, 9.17) is 0 Å². The lowest BCUT2D eigenvalue weighted by atomic mass is 10.0. The molecule has 0 unspecified atom stereocenters. The van der Waals surface area contributed by atoms with E-state index in [0.29, 0.717) is 12.2 Å². The van der Waals surface area contributed by atoms with E-state index < -0.39 is 28.5 Å². The summed E-state index contributed by atoms with van der Waals surface area (Å²) in [5, 5.41) is 2.86. The minimum absolute atomic E-state index is 0.0876. The SMILES string of the molecule is CCCNC(=O)[C@H](C)N(Cc1ccc(C)cc1)C(=O)CN(c1ccc(C(C)C)cc1)S(=O)(=O)c1ccccc1. The third-order valence-corrected chi connectivity index (χ3v) is 8.44. The summed E-state index contributed by atoms with van der Waals surface area (Å²) >= 11 is 0. The number of anilines is 1. The molecule has 7 nitrogen and oxygen atoms in total. The van der Waals surface area contributed by atoms with Crippen LogP contribution < -0.4 is 9.62 Å². The second kappa shape index (κ2) is 13.4. The van der Waals surface area contributed by atoms with Gasteiger partial charge in [-0.3, -0.25) is 13.9 Å². The Morgan fingerprint density at radius 3 is 2.05 bits per heavy atom. The number of benzene rings is 3. The van der Waals surface area contributed by atoms with Gasteiger partial charge in [0.15, 0.2) is 0 Å². The lowest BCUT2D eigenvalue weighted by molar-refractivity contribution is -0.139. The fourth-order valence-electron chi connectivity index (χ4n) is 4.14. The molecule has 0 radical (unpaired) electrons. The van der Waals surface area contributed by atoms with Gasteiger partial charge in [0.05, 0.1) is 10.6 Å². The fraction of sp³-hybridized carbons (Fsp3) is 0.355. The van der Waals surface area contributed by atoms with Crippen LogP contribution in [-0.4, -0.2) is 44.3 Å². The van der Waals surface area contributed by atoms with Crippen LogP contribution in [0.4, 0.5) is 5.69 Å². The predicted octanol–water partition coefficient (Wildman–Crippen LogP) is 5.26. The normalized spacial score (nSPS) is 12.2. The molecule has 3 rings (SSSR count). The summed E-state index contributed by atoms with van der Waals surface area (Å²) in [6.07, 6.45) is 0.764. The number of nitrogens with one attached hydrogen (secondary N) is 1. The smallest absolute Gasteiger partial charge is 0.264 e. The molecule has 0 saturated heterocycles. The highest BCUT2D eigenvalue weighted by atomic mass is 32.2. The molecule has 1 N–H and O–H groups in total. The topological polar surface area (TPSA) is 86.8 Å². The lowest BCUT2D eigenvalue weighted by Gasteiger charge is -2.32. The molecule has 3 aromatic carbocycles. The monoisotopic (exact) mass is 549 g/mol. The Hall–Kier alpha value is -3.65. The molecular formula is C31H39N3O4S. The van der Waals surface area contributed by atoms with Gasteiger partial charge in [-0.05, 0) is 61.6 Å². The van der Waals surface area contributed by atoms with Crippen LogP contribution in [0.5, 0.6) is 0 Å². The first-order chi connectivity index (χ1) is 18.5. The van der Waals surface area contributed by atoms with E-state index in [2.05, 4.69) is 19.2 Å². The van der Waals surface area contributed by atoms with Crippen LogP contribution in [0.2, 0.25) is 0 Å². The molecule has 0 aliphatic carbocycles. The number of nitrogens with zero attached hydrogens (tertiary/aromatic N) is 2. The van der Waals surface area contributed by atoms with Crippen molar-refractivity contribution in [3.05, 3.63) is 95.6 Å². The van der Waals surface area contributed by atoms with E-state index in [1.54, 1.807) is 37.3 Å². The number of hydrogen-bond acceptors (Lipinski definition) is 4. The summed E-state index contributed by atoms with van der Waals surface area (Å²) in [5.41, 5.74) is 3.37. The number of aryl methyl sites for hydroxylation is 1. The van der Waals surface area contributed by atoms with Crippen molar-refractivity contribution in [3.8, 4) is 0 Å². The van der Waals surface area contributed by atoms with Gasteiger partial charge < -0.3 is 10.2 Å². The zero-order valence-electron chi connectivity index (χ0n) is 23.4. The molecule has 0 aromatic heterocycles. The van der Waals surface area contributed by atoms with Crippen molar-refractivity contribution in [2.75, 3.05) is 17.4 Å². The number of carbonyl (C=O) groups is 2. The van der Waals surface area contributed by atoms with E-state index >= 15 is 0 Å². The molecule has 208 valence electrons. The average Bonchev–Trinajstić information content (AvgIpc) is 2.94. The molecule has 1 atom stereocenters. The van der Waals surface area contributed by atoms with E-state index in [1.807, 2.05) is 50.2 Å². The molecular weight excluding hydrogens is 510 g/mol. The van der Waals surface area contributed by atoms with Crippen LogP contribution in [0, 0.1) is 6.92 Å². The van der Waals surface area contributed by atoms with Gasteiger partial charge >= 0.3 is 0 Å². The first kappa shape index (κ1) is 29.9. The van der Waals surface area contributed by atoms with Crippen molar-refractivity contribution in [3.63, 3.8) is 0 Å². The van der Waals surface area contributed by atoms with E-state index in [0.717, 1.165) is 27.4 Å². The van der Waals surface area contributed by atoms with Crippen LogP contribution in [0.1, 0.15) is 56.7 Å². The molecule has 0 aliphatic rings. The van der Waals surface area contributed by atoms with Crippen molar-refractivity contribution < 1.29 is 18.0 Å². The molecule has 2 amide bonds. The fourth-order valence-corrected chi connectivity index (χ4v) is 5.58. The maximum absolute atomic E-state index is 13.9. The highest BCUT2D eigenvalue weighted by Gasteiger charge is 2.32. The van der Waals surface area contributed by atoms with Gasteiger partial charge in [-0.2, -0.15) is 0 Å². The molecule has 8 heteroatoms. The Bertz CT molecular complexity index is 1340. The summed E-state index contributed by atoms with van der Waals surface area (Å²) in [5.74, 6) is -0.481. The first-order valence-corrected chi connectivity index (χ1v) is 14.8. The number of rotatable bonds is 12. The third kappa shape index (κ3) is 7.69. The molecule has 39 heavy (non-hydrogen) atoms. The highest BCUT2D eigenvalue weighted by Crippen LogP contribution is 2.26. The van der Waals surface area contributed by atoms with Gasteiger partial charge in [0, 0.05) is 13.1 Å². The minimum Gasteiger partial charge on any atom is -0.354 e. The standard InChI is InChI=1S/C31H39N3O4S/c1-6-20-32-31(36)25(5)33(21-26-14-12-24(4)13-15-26)30(35)22-34(28-18-16-27(17-19-28)23(2)3)39(37,38)29-10-8-7-9-11-29/h7-19,23,25H,6,20-22H2,1-5H3,(H,32,36)/t25-/m0/s1. The summed E-state index contributed by atoms with van der Waals surface area (Å²) in [4.78, 5) is 28.4. The highest BCUT2D eigenvalue weighted by molar-refractivity contribution is 7.92. The quantitative estimate of drug-likeness (QED) is 0.334. The second-order valence-corrected chi connectivity index (χ2v) is 11.9. The maximum Gasteiger partial charge on any atom is 0.264 e. The molecule has 0 spiro atoms. The molecule has 0 fully saturated rings. The Morgan fingerprint density at radius 1 is 0.872 bits per heavy atom. The molecule has 0 heterocycles. The molecule has 3 aromatic rings. The lowest BCUT2D eigenvalue weighted by Crippen LogP contribution is -2.51. The van der Waals surface area contributed by atoms with Gasteiger partial charge in [-0.15, -0.1) is 0 Å². The van der Waals surface area contributed by atoms with Gasteiger partial charge in [-0.1, -0.05) is 80.9 Å². The summed E-state index contributed by atoms with van der Waals surface area (Å²) < 4.78 is 28.8. The Morgan fingerprint density at radius 2 is 1.49 bits per heavy atom. The summed E-state index contributed by atoms with van der Waals surface area (Å²) in [6, 6.07) is 22.2. The van der Waals surface area contributed by atoms with Crippen molar-refractivity contribution in [2.24, 2.45) is 0 Å². The molecule has 0 aliphatic heterocycles. The molecule has 0 saturated carbocycles. The van der Waals surface area contributed by atoms with Crippen LogP contribution in [-0.2, 0) is 26.2 Å². The predicted molar refractivity (Wildman–Crippen MR) is 156 cm³/mol. The van der Waals surface area contributed by atoms with E-state index in [9.17, 15) is 18.0 Å². The van der Waals surface area contributed by atoms with Crippen molar-refractivity contribution in [2.45, 2.75) is 64.4 Å². The van der Waals surface area contributed by atoms with Gasteiger partial charge in [0.25, 0.3) is 10.0 Å². The number of hydrogen-bond donors (Lipinski definition) is 1. The first-order valence-electron chi connectivity index (χ1n) is 13.3. The van der Waals surface area contributed by atoms with Crippen LogP contribution >= 0.6 is 0 Å². The Balaban J connectivity index is 2.01. The van der Waals surface area contributed by atoms with Crippen LogP contribution in [0.25, 0.3) is 0 Å². The van der Waals surface area contributed by atoms with Crippen molar-refractivity contribution in [1.29, 1.82) is 0 Å². The number of sulfonamides is 1. The zero-order valence-corrected chi connectivity index (χ0v) is 24.2. The number of carbonyl (C=O) groups excluding carboxylic acids is 2.